The summed E-state index contributed by atoms with van der Waals surface area (Å²) in [6, 6.07) is 45.2. The lowest BCUT2D eigenvalue weighted by atomic mass is 9.64. The Kier molecular flexibility index (Phi) is 24.4. The van der Waals surface area contributed by atoms with E-state index < -0.39 is 28.5 Å². The second-order valence-corrected chi connectivity index (χ2v) is 30.9. The van der Waals surface area contributed by atoms with E-state index in [1.54, 1.807) is 53.4 Å². The molecule has 0 saturated carbocycles. The molecule has 0 unspecified atom stereocenters. The third-order valence-corrected chi connectivity index (χ3v) is 22.2. The molecule has 8 aromatic rings. The first-order valence-corrected chi connectivity index (χ1v) is 38.1. The Balaban J connectivity index is 0.000000131. The minimum absolute atomic E-state index is 0.0233. The minimum Gasteiger partial charge on any atom is -0.535 e. The first-order chi connectivity index (χ1) is 53.6. The average Bonchev–Trinajstić information content (AvgIpc) is 1.31. The molecule has 0 spiro atoms. The Labute approximate surface area is 651 Å². The lowest BCUT2D eigenvalue weighted by Gasteiger charge is -2.28. The van der Waals surface area contributed by atoms with E-state index in [1.807, 2.05) is 72.8 Å². The van der Waals surface area contributed by atoms with Crippen molar-refractivity contribution in [3.05, 3.63) is 257 Å². The summed E-state index contributed by atoms with van der Waals surface area (Å²) >= 11 is 0. The van der Waals surface area contributed by atoms with E-state index in [0.29, 0.717) is 115 Å². The summed E-state index contributed by atoms with van der Waals surface area (Å²) in [5, 5.41) is 52.5. The van der Waals surface area contributed by atoms with Crippen LogP contribution in [0.1, 0.15) is 189 Å². The largest absolute Gasteiger partial charge is 0.535 e. The average molecular weight is 1510 g/mol. The quantitative estimate of drug-likeness (QED) is 0.0171. The Morgan fingerprint density at radius 1 is 0.420 bits per heavy atom. The number of hydrogen-bond acceptors (Lipinski definition) is 20. The van der Waals surface area contributed by atoms with Gasteiger partial charge < -0.3 is 54.7 Å². The fourth-order valence-electron chi connectivity index (χ4n) is 16.4. The van der Waals surface area contributed by atoms with Gasteiger partial charge >= 0.3 is 28.5 Å². The van der Waals surface area contributed by atoms with E-state index in [0.717, 1.165) is 87.4 Å². The molecule has 8 aliphatic rings. The van der Waals surface area contributed by atoms with Gasteiger partial charge in [-0.05, 0) is 174 Å². The van der Waals surface area contributed by atoms with Gasteiger partial charge in [0.25, 0.3) is 0 Å². The molecule has 7 heterocycles. The molecule has 4 atom stereocenters. The standard InChI is InChI=1S/C22H24BN3O4.C22H24BNO4.C21H22BNO4.C21H19BO5/c1-13(27)20-4-2-3-15-9-18(23(29)30-21(15)20)10-19(28)8-14-5-6-16-11-26(22(24)25)12-17(16)7-14;1-14(25)21-5-3-4-16-10-19(23(27)28-22(16)21)11-20(26)9-15-6-7-17-12-24(2)13-18(17)8-15;1-13(24)20-4-2-3-15-9-18(22(26)27-21(15)20)10-19(25)8-14-5-6-16-11-23-12-17(16)7-14;1-12(23)19-4-2-3-15-8-17(22(26)27-21(15)19)11-20(25)14-6-5-13-9-18(24)10-16(13)7-14/h2-7,18,29H,8-12H2,1H3,(H3,24,25);3-8,19,27H,9-13H2,1-2H3;2-7,18,23,26H,8-12H2,1H3;2-7,17,26H,8-11H2,1H3/t18-;19-;18-;17-/m1111/s1. The number of nitrogens with zero attached hydrogens (tertiary/aromatic N) is 2. The van der Waals surface area contributed by atoms with Crippen LogP contribution >= 0.6 is 0 Å². The first-order valence-electron chi connectivity index (χ1n) is 38.1. The van der Waals surface area contributed by atoms with Gasteiger partial charge in [0.15, 0.2) is 34.9 Å². The highest BCUT2D eigenvalue weighted by Crippen LogP contribution is 2.42. The number of nitrogens with one attached hydrogen (secondary N) is 2. The van der Waals surface area contributed by atoms with E-state index in [9.17, 15) is 63.2 Å². The van der Waals surface area contributed by atoms with Gasteiger partial charge in [-0.3, -0.25) is 53.5 Å². The van der Waals surface area contributed by atoms with Gasteiger partial charge in [0.2, 0.25) is 0 Å². The van der Waals surface area contributed by atoms with Crippen molar-refractivity contribution in [2.24, 2.45) is 5.73 Å². The molecule has 0 saturated heterocycles. The number of Topliss-reactive ketones (excluding diaryl/α,β-unsaturated/α-hetero) is 9. The molecule has 0 radical (unpaired) electrons. The molecule has 0 bridgehead atoms. The molecule has 0 amide bonds. The molecule has 8 N–H and O–H groups in total. The molecule has 26 heteroatoms. The summed E-state index contributed by atoms with van der Waals surface area (Å²) in [4.78, 5) is 113. The molecular formula is C86H89B4N5O17. The highest BCUT2D eigenvalue weighted by Gasteiger charge is 2.42. The van der Waals surface area contributed by atoms with Gasteiger partial charge in [0.05, 0.1) is 22.3 Å². The number of carbonyl (C=O) groups excluding carboxylic acids is 9. The molecule has 1 aliphatic carbocycles. The van der Waals surface area contributed by atoms with Crippen molar-refractivity contribution in [3.8, 4) is 23.0 Å². The number of para-hydroxylation sites is 4. The molecule has 7 aliphatic heterocycles. The van der Waals surface area contributed by atoms with Gasteiger partial charge in [-0.25, -0.2) is 0 Å². The van der Waals surface area contributed by atoms with Crippen LogP contribution in [0.25, 0.3) is 0 Å². The van der Waals surface area contributed by atoms with Crippen LogP contribution < -0.4 is 29.7 Å². The van der Waals surface area contributed by atoms with Crippen molar-refractivity contribution in [2.45, 2.75) is 174 Å². The summed E-state index contributed by atoms with van der Waals surface area (Å²) in [7, 11) is -2.33. The fourth-order valence-corrected chi connectivity index (χ4v) is 16.4. The van der Waals surface area contributed by atoms with E-state index >= 15 is 0 Å². The Morgan fingerprint density at radius 3 is 1.17 bits per heavy atom. The zero-order valence-corrected chi connectivity index (χ0v) is 63.5. The number of guanidine groups is 1. The van der Waals surface area contributed by atoms with Crippen LogP contribution in [0.4, 0.5) is 0 Å². The topological polar surface area (TPSA) is 340 Å². The zero-order chi connectivity index (χ0) is 79.3. The first kappa shape index (κ1) is 79.4. The van der Waals surface area contributed by atoms with Gasteiger partial charge in [0, 0.05) is 126 Å². The summed E-state index contributed by atoms with van der Waals surface area (Å²) in [6.45, 7) is 10.7. The highest BCUT2D eigenvalue weighted by molar-refractivity contribution is 6.48. The van der Waals surface area contributed by atoms with Crippen molar-refractivity contribution in [2.75, 3.05) is 7.05 Å². The minimum atomic E-state index is -1.14. The molecule has 22 nitrogen and oxygen atoms in total. The van der Waals surface area contributed by atoms with Gasteiger partial charge in [-0.15, -0.1) is 0 Å². The third-order valence-electron chi connectivity index (χ3n) is 22.2. The molecule has 112 heavy (non-hydrogen) atoms. The van der Waals surface area contributed by atoms with Crippen LogP contribution in [-0.4, -0.2) is 123 Å². The Morgan fingerprint density at radius 2 is 0.759 bits per heavy atom. The van der Waals surface area contributed by atoms with Crippen molar-refractivity contribution >= 4 is 86.5 Å². The predicted molar refractivity (Wildman–Crippen MR) is 424 cm³/mol. The summed E-state index contributed by atoms with van der Waals surface area (Å²) in [6.07, 6.45) is 4.65. The molecular weight excluding hydrogens is 1420 g/mol. The Hall–Kier alpha value is -10.7. The maximum atomic E-state index is 12.7. The summed E-state index contributed by atoms with van der Waals surface area (Å²) in [5.41, 5.74) is 23.6. The number of carbonyl (C=O) groups is 9. The van der Waals surface area contributed by atoms with E-state index in [1.165, 1.54) is 49.9 Å². The van der Waals surface area contributed by atoms with E-state index in [2.05, 4.69) is 41.5 Å². The number of rotatable bonds is 19. The lowest BCUT2D eigenvalue weighted by Crippen LogP contribution is -2.36. The normalized spacial score (nSPS) is 17.8. The number of ketones is 9. The second-order valence-electron chi connectivity index (χ2n) is 30.9. The summed E-state index contributed by atoms with van der Waals surface area (Å²) < 4.78 is 22.5. The molecule has 0 fully saturated rings. The molecule has 8 aromatic carbocycles. The van der Waals surface area contributed by atoms with Crippen molar-refractivity contribution in [3.63, 3.8) is 0 Å². The monoisotopic (exact) mass is 1510 g/mol. The van der Waals surface area contributed by atoms with Gasteiger partial charge in [-0.2, -0.15) is 0 Å². The van der Waals surface area contributed by atoms with Gasteiger partial charge in [0.1, 0.15) is 46.1 Å². The van der Waals surface area contributed by atoms with E-state index in [-0.39, 0.29) is 113 Å². The van der Waals surface area contributed by atoms with Gasteiger partial charge in [-0.1, -0.05) is 115 Å². The van der Waals surface area contributed by atoms with Crippen LogP contribution in [0.3, 0.4) is 0 Å². The smallest absolute Gasteiger partial charge is 0.526 e. The highest BCUT2D eigenvalue weighted by atomic mass is 16.5. The lowest BCUT2D eigenvalue weighted by molar-refractivity contribution is -0.119. The Bertz CT molecular complexity index is 5110. The van der Waals surface area contributed by atoms with Crippen LogP contribution in [-0.2, 0) is 116 Å². The van der Waals surface area contributed by atoms with Crippen molar-refractivity contribution in [1.82, 2.24) is 15.1 Å². The number of fused-ring (bicyclic) bond motifs is 8. The molecule has 0 aromatic heterocycles. The predicted octanol–water partition coefficient (Wildman–Crippen LogP) is 10.0. The molecule has 16 rings (SSSR count). The maximum Gasteiger partial charge on any atom is 0.526 e. The second kappa shape index (κ2) is 34.5. The third kappa shape index (κ3) is 18.6. The van der Waals surface area contributed by atoms with E-state index in [4.69, 9.17) is 29.8 Å². The SMILES string of the molecule is CC(=O)c1cccc2c1OB(O)[C@@H](CC(=O)Cc1ccc3c(c1)CN(C(=N)N)C3)C2.CC(=O)c1cccc2c1OB(O)[C@@H](CC(=O)Cc1ccc3c(c1)CN(C)C3)C2.CC(=O)c1cccc2c1OB(O)[C@@H](CC(=O)Cc1ccc3c(c1)CNC3)C2.CC(=O)c1cccc2c1OB(O)[C@@H](CC(=O)c1ccc3c(c1)CC(=O)C3)C2. The summed E-state index contributed by atoms with van der Waals surface area (Å²) in [5.74, 6) is 0.287. The number of hydrogen-bond donors (Lipinski definition) is 7. The zero-order valence-electron chi connectivity index (χ0n) is 63.5. The van der Waals surface area contributed by atoms with Crippen LogP contribution in [0.15, 0.2) is 146 Å². The van der Waals surface area contributed by atoms with Crippen molar-refractivity contribution < 1.29 is 81.9 Å². The maximum absolute atomic E-state index is 12.7. The van der Waals surface area contributed by atoms with Crippen LogP contribution in [0, 0.1) is 5.41 Å². The van der Waals surface area contributed by atoms with Crippen LogP contribution in [0.5, 0.6) is 23.0 Å². The fraction of sp³-hybridized carbons (Fsp3) is 0.326. The number of benzene rings is 8. The van der Waals surface area contributed by atoms with Crippen LogP contribution in [0.2, 0.25) is 23.3 Å². The molecule has 572 valence electrons. The number of nitrogens with two attached hydrogens (primary N) is 1. The van der Waals surface area contributed by atoms with Crippen molar-refractivity contribution in [1.29, 1.82) is 5.41 Å².